The van der Waals surface area contributed by atoms with Gasteiger partial charge in [-0.1, -0.05) is 50.6 Å². The van der Waals surface area contributed by atoms with Crippen LogP contribution in [0.3, 0.4) is 0 Å². The van der Waals surface area contributed by atoms with E-state index in [2.05, 4.69) is 5.32 Å². The number of likely N-dealkylation sites (tertiary alicyclic amines) is 1. The molecule has 1 N–H and O–H groups in total. The van der Waals surface area contributed by atoms with Gasteiger partial charge in [-0.2, -0.15) is 0 Å². The molecule has 1 heterocycles. The minimum atomic E-state index is -0.592. The Bertz CT molecular complexity index is 744. The highest BCUT2D eigenvalue weighted by Crippen LogP contribution is 2.22. The van der Waals surface area contributed by atoms with Crippen LogP contribution < -0.4 is 5.32 Å². The first-order chi connectivity index (χ1) is 14.6. The van der Waals surface area contributed by atoms with Crippen LogP contribution in [0.4, 0.5) is 0 Å². The summed E-state index contributed by atoms with van der Waals surface area (Å²) in [6.45, 7) is 10.00. The molecule has 7 nitrogen and oxygen atoms in total. The van der Waals surface area contributed by atoms with E-state index in [4.69, 9.17) is 9.47 Å². The molecule has 0 radical (unpaired) electrons. The van der Waals surface area contributed by atoms with E-state index in [9.17, 15) is 14.4 Å². The highest BCUT2D eigenvalue weighted by atomic mass is 16.6. The topological polar surface area (TPSA) is 84.9 Å². The quantitative estimate of drug-likeness (QED) is 0.604. The number of nitrogens with zero attached hydrogens (tertiary/aromatic N) is 1. The fourth-order valence-electron chi connectivity index (χ4n) is 3.62. The molecule has 31 heavy (non-hydrogen) atoms. The first-order valence-corrected chi connectivity index (χ1v) is 11.1. The van der Waals surface area contributed by atoms with Crippen molar-refractivity contribution in [1.82, 2.24) is 10.2 Å². The molecule has 1 aromatic rings. The zero-order valence-corrected chi connectivity index (χ0v) is 19.3. The molecular formula is C24H36N2O5. The van der Waals surface area contributed by atoms with Crippen LogP contribution in [0.5, 0.6) is 0 Å². The summed E-state index contributed by atoms with van der Waals surface area (Å²) in [5.41, 5.74) is 0.320. The lowest BCUT2D eigenvalue weighted by Gasteiger charge is -2.31. The van der Waals surface area contributed by atoms with Gasteiger partial charge in [-0.25, -0.2) is 4.79 Å². The van der Waals surface area contributed by atoms with Gasteiger partial charge in [-0.3, -0.25) is 14.9 Å². The van der Waals surface area contributed by atoms with Crippen LogP contribution in [0.15, 0.2) is 30.3 Å². The third-order valence-corrected chi connectivity index (χ3v) is 5.40. The number of rotatable bonds is 9. The van der Waals surface area contributed by atoms with Crippen molar-refractivity contribution in [2.45, 2.75) is 78.2 Å². The number of amides is 1. The Balaban J connectivity index is 2.01. The molecular weight excluding hydrogens is 396 g/mol. The first kappa shape index (κ1) is 24.9. The molecule has 1 aromatic carbocycles. The van der Waals surface area contributed by atoms with Crippen molar-refractivity contribution in [2.24, 2.45) is 5.92 Å². The SMILES string of the molecule is CC[C@H](C)[C@H](NCC(=O)OC(C)(C)C)C(=O)N1CCC[C@H]1C(=O)OCc1ccccc1. The van der Waals surface area contributed by atoms with Gasteiger partial charge in [-0.15, -0.1) is 0 Å². The summed E-state index contributed by atoms with van der Waals surface area (Å²) in [6, 6.07) is 8.31. The van der Waals surface area contributed by atoms with Gasteiger partial charge in [0.05, 0.1) is 12.6 Å². The molecule has 0 saturated carbocycles. The van der Waals surface area contributed by atoms with Crippen molar-refractivity contribution in [1.29, 1.82) is 0 Å². The predicted octanol–water partition coefficient (Wildman–Crippen LogP) is 3.07. The molecule has 0 aliphatic carbocycles. The van der Waals surface area contributed by atoms with Gasteiger partial charge < -0.3 is 14.4 Å². The fraction of sp³-hybridized carbons (Fsp3) is 0.625. The second-order valence-electron chi connectivity index (χ2n) is 9.11. The number of carbonyl (C=O) groups is 3. The highest BCUT2D eigenvalue weighted by molar-refractivity contribution is 5.88. The Labute approximate surface area is 185 Å². The third kappa shape index (κ3) is 7.65. The molecule has 7 heteroatoms. The molecule has 0 unspecified atom stereocenters. The van der Waals surface area contributed by atoms with Crippen LogP contribution in [0, 0.1) is 5.92 Å². The third-order valence-electron chi connectivity index (χ3n) is 5.40. The molecule has 0 bridgehead atoms. The number of nitrogens with one attached hydrogen (secondary N) is 1. The summed E-state index contributed by atoms with van der Waals surface area (Å²) in [6.07, 6.45) is 2.09. The standard InChI is InChI=1S/C24H36N2O5/c1-6-17(2)21(25-15-20(27)31-24(3,4)5)22(28)26-14-10-13-19(26)23(29)30-16-18-11-8-7-9-12-18/h7-9,11-12,17,19,21,25H,6,10,13-16H2,1-5H3/t17-,19-,21-/m0/s1. The van der Waals surface area contributed by atoms with Crippen molar-refractivity contribution in [3.8, 4) is 0 Å². The molecule has 0 aromatic heterocycles. The Hall–Kier alpha value is -2.41. The van der Waals surface area contributed by atoms with Gasteiger partial charge in [0.15, 0.2) is 0 Å². The van der Waals surface area contributed by atoms with Gasteiger partial charge in [0, 0.05) is 6.54 Å². The summed E-state index contributed by atoms with van der Waals surface area (Å²) in [5.74, 6) is -0.966. The lowest BCUT2D eigenvalue weighted by atomic mass is 9.97. The van der Waals surface area contributed by atoms with Crippen LogP contribution in [0.1, 0.15) is 59.4 Å². The zero-order chi connectivity index (χ0) is 23.0. The molecule has 172 valence electrons. The normalized spacial score (nSPS) is 18.4. The summed E-state index contributed by atoms with van der Waals surface area (Å²) >= 11 is 0. The predicted molar refractivity (Wildman–Crippen MR) is 118 cm³/mol. The Kier molecular flexibility index (Phi) is 9.04. The summed E-state index contributed by atoms with van der Waals surface area (Å²) in [7, 11) is 0. The summed E-state index contributed by atoms with van der Waals surface area (Å²) in [5, 5.41) is 3.07. The van der Waals surface area contributed by atoms with Crippen molar-refractivity contribution in [2.75, 3.05) is 13.1 Å². The van der Waals surface area contributed by atoms with Crippen LogP contribution in [-0.4, -0.2) is 53.5 Å². The number of carbonyl (C=O) groups excluding carboxylic acids is 3. The molecule has 3 atom stereocenters. The van der Waals surface area contributed by atoms with Crippen LogP contribution >= 0.6 is 0 Å². The number of benzene rings is 1. The van der Waals surface area contributed by atoms with E-state index in [0.29, 0.717) is 13.0 Å². The molecule has 1 fully saturated rings. The van der Waals surface area contributed by atoms with E-state index in [1.165, 1.54) is 0 Å². The first-order valence-electron chi connectivity index (χ1n) is 11.1. The Morgan fingerprint density at radius 2 is 1.87 bits per heavy atom. The van der Waals surface area contributed by atoms with Gasteiger partial charge >= 0.3 is 11.9 Å². The maximum Gasteiger partial charge on any atom is 0.329 e. The van der Waals surface area contributed by atoms with E-state index in [-0.39, 0.29) is 30.9 Å². The molecule has 0 spiro atoms. The maximum atomic E-state index is 13.3. The molecule has 1 aliphatic rings. The molecule has 2 rings (SSSR count). The van der Waals surface area contributed by atoms with E-state index in [0.717, 1.165) is 18.4 Å². The monoisotopic (exact) mass is 432 g/mol. The fourth-order valence-corrected chi connectivity index (χ4v) is 3.62. The average molecular weight is 433 g/mol. The van der Waals surface area contributed by atoms with Crippen molar-refractivity contribution in [3.05, 3.63) is 35.9 Å². The van der Waals surface area contributed by atoms with Crippen molar-refractivity contribution < 1.29 is 23.9 Å². The zero-order valence-electron chi connectivity index (χ0n) is 19.3. The van der Waals surface area contributed by atoms with E-state index in [1.54, 1.807) is 25.7 Å². The minimum absolute atomic E-state index is 0.00322. The molecule has 1 saturated heterocycles. The molecule has 1 amide bonds. The number of hydrogen-bond acceptors (Lipinski definition) is 6. The van der Waals surface area contributed by atoms with Gasteiger partial charge in [0.25, 0.3) is 0 Å². The van der Waals surface area contributed by atoms with Crippen LogP contribution in [0.25, 0.3) is 0 Å². The molecule has 1 aliphatic heterocycles. The highest BCUT2D eigenvalue weighted by Gasteiger charge is 2.39. The van der Waals surface area contributed by atoms with Gasteiger partial charge in [-0.05, 0) is 45.1 Å². The maximum absolute atomic E-state index is 13.3. The van der Waals surface area contributed by atoms with Crippen molar-refractivity contribution >= 4 is 17.8 Å². The number of esters is 2. The van der Waals surface area contributed by atoms with E-state index < -0.39 is 23.7 Å². The van der Waals surface area contributed by atoms with Crippen LogP contribution in [-0.2, 0) is 30.5 Å². The Morgan fingerprint density at radius 3 is 2.48 bits per heavy atom. The largest absolute Gasteiger partial charge is 0.459 e. The number of ether oxygens (including phenoxy) is 2. The lowest BCUT2D eigenvalue weighted by Crippen LogP contribution is -2.54. The van der Waals surface area contributed by atoms with Crippen molar-refractivity contribution in [3.63, 3.8) is 0 Å². The van der Waals surface area contributed by atoms with E-state index >= 15 is 0 Å². The van der Waals surface area contributed by atoms with Gasteiger partial charge in [0.2, 0.25) is 5.91 Å². The lowest BCUT2D eigenvalue weighted by molar-refractivity contribution is -0.157. The second-order valence-corrected chi connectivity index (χ2v) is 9.11. The average Bonchev–Trinajstić information content (AvgIpc) is 3.21. The summed E-state index contributed by atoms with van der Waals surface area (Å²) in [4.78, 5) is 39.8. The smallest absolute Gasteiger partial charge is 0.329 e. The minimum Gasteiger partial charge on any atom is -0.459 e. The summed E-state index contributed by atoms with van der Waals surface area (Å²) < 4.78 is 10.8. The Morgan fingerprint density at radius 1 is 1.19 bits per heavy atom. The van der Waals surface area contributed by atoms with Gasteiger partial charge in [0.1, 0.15) is 18.2 Å². The van der Waals surface area contributed by atoms with E-state index in [1.807, 2.05) is 44.2 Å². The second kappa shape index (κ2) is 11.3. The number of hydrogen-bond donors (Lipinski definition) is 1. The van der Waals surface area contributed by atoms with Crippen LogP contribution in [0.2, 0.25) is 0 Å².